The number of hydrogen-bond acceptors (Lipinski definition) is 6. The van der Waals surface area contributed by atoms with Crippen LogP contribution in [0, 0.1) is 0 Å². The molecule has 2 heterocycles. The monoisotopic (exact) mass is 456 g/mol. The van der Waals surface area contributed by atoms with Crippen molar-refractivity contribution in [1.82, 2.24) is 5.32 Å². The lowest BCUT2D eigenvalue weighted by molar-refractivity contribution is 0.0526. The Morgan fingerprint density at radius 3 is 2.81 bits per heavy atom. The van der Waals surface area contributed by atoms with Crippen molar-refractivity contribution >= 4 is 61.5 Å². The van der Waals surface area contributed by atoms with Gasteiger partial charge in [-0.15, -0.1) is 11.3 Å². The fraction of sp³-hybridized carbons (Fsp3) is 0.353. The van der Waals surface area contributed by atoms with Crippen molar-refractivity contribution in [2.45, 2.75) is 32.6 Å². The summed E-state index contributed by atoms with van der Waals surface area (Å²) in [6.07, 6.45) is 3.93. The maximum Gasteiger partial charge on any atom is 0.341 e. The van der Waals surface area contributed by atoms with E-state index in [0.29, 0.717) is 21.8 Å². The quantitative estimate of drug-likeness (QED) is 0.527. The number of ether oxygens (including phenoxy) is 1. The highest BCUT2D eigenvalue weighted by Gasteiger charge is 2.27. The van der Waals surface area contributed by atoms with Gasteiger partial charge in [-0.25, -0.2) is 4.79 Å². The maximum absolute atomic E-state index is 12.4. The molecule has 0 atom stereocenters. The van der Waals surface area contributed by atoms with Gasteiger partial charge in [0.2, 0.25) is 0 Å². The van der Waals surface area contributed by atoms with Crippen molar-refractivity contribution in [2.24, 2.45) is 0 Å². The number of fused-ring (bicyclic) bond motifs is 1. The number of thiophene rings is 1. The van der Waals surface area contributed by atoms with Crippen LogP contribution in [-0.2, 0) is 17.6 Å². The number of nitrogens with one attached hydrogen (secondary N) is 2. The molecule has 2 aromatic heterocycles. The molecule has 3 rings (SSSR count). The summed E-state index contributed by atoms with van der Waals surface area (Å²) in [5, 5.41) is 6.25. The molecule has 1 amide bonds. The molecule has 1 aliphatic carbocycles. The summed E-state index contributed by atoms with van der Waals surface area (Å²) in [6, 6.07) is 3.16. The Morgan fingerprint density at radius 1 is 1.35 bits per heavy atom. The molecule has 138 valence electrons. The highest BCUT2D eigenvalue weighted by Crippen LogP contribution is 2.38. The third-order valence-electron chi connectivity index (χ3n) is 3.90. The molecule has 1 aliphatic rings. The number of carbonyl (C=O) groups excluding carboxylic acids is 2. The van der Waals surface area contributed by atoms with E-state index >= 15 is 0 Å². The first-order valence-electron chi connectivity index (χ1n) is 8.19. The smallest absolute Gasteiger partial charge is 0.341 e. The number of hydrogen-bond donors (Lipinski definition) is 2. The number of carbonyl (C=O) groups is 2. The van der Waals surface area contributed by atoms with E-state index in [1.165, 1.54) is 22.3 Å². The van der Waals surface area contributed by atoms with E-state index in [9.17, 15) is 9.59 Å². The van der Waals surface area contributed by atoms with Gasteiger partial charge in [0.25, 0.3) is 5.91 Å². The summed E-state index contributed by atoms with van der Waals surface area (Å²) in [5.74, 6) is -0.692. The lowest BCUT2D eigenvalue weighted by atomic mass is 9.95. The van der Waals surface area contributed by atoms with E-state index in [2.05, 4.69) is 26.6 Å². The molecule has 0 unspecified atom stereocenters. The largest absolute Gasteiger partial charge is 0.462 e. The Balaban J connectivity index is 1.78. The van der Waals surface area contributed by atoms with E-state index in [1.807, 2.05) is 0 Å². The van der Waals surface area contributed by atoms with Crippen LogP contribution in [0.2, 0.25) is 0 Å². The molecule has 9 heteroatoms. The topological polar surface area (TPSA) is 80.6 Å². The average Bonchev–Trinajstić information content (AvgIpc) is 3.18. The second-order valence-corrected chi connectivity index (χ2v) is 7.94. The van der Waals surface area contributed by atoms with Crippen LogP contribution in [0.15, 0.2) is 21.2 Å². The van der Waals surface area contributed by atoms with Crippen molar-refractivity contribution < 1.29 is 18.7 Å². The minimum atomic E-state index is -0.466. The molecule has 0 bridgehead atoms. The van der Waals surface area contributed by atoms with Gasteiger partial charge in [0, 0.05) is 4.88 Å². The second kappa shape index (κ2) is 8.32. The van der Waals surface area contributed by atoms with Gasteiger partial charge in [-0.3, -0.25) is 10.1 Å². The van der Waals surface area contributed by atoms with Crippen LogP contribution in [0.3, 0.4) is 0 Å². The average molecular weight is 457 g/mol. The van der Waals surface area contributed by atoms with Crippen LogP contribution >= 0.6 is 39.5 Å². The number of aryl methyl sites for hydroxylation is 1. The summed E-state index contributed by atoms with van der Waals surface area (Å²) in [4.78, 5) is 25.7. The minimum Gasteiger partial charge on any atom is -0.462 e. The van der Waals surface area contributed by atoms with Gasteiger partial charge in [-0.05, 0) is 78.5 Å². The molecule has 0 saturated heterocycles. The van der Waals surface area contributed by atoms with E-state index in [0.717, 1.165) is 31.2 Å². The molecule has 0 saturated carbocycles. The first-order chi connectivity index (χ1) is 12.5. The number of furan rings is 1. The maximum atomic E-state index is 12.4. The SMILES string of the molecule is CCOC(=O)c1c(NC(=S)NC(=O)c2ccc(Br)o2)sc2c1CCCC2. The van der Waals surface area contributed by atoms with Gasteiger partial charge >= 0.3 is 5.97 Å². The molecular formula is C17H17BrN2O4S2. The lowest BCUT2D eigenvalue weighted by Crippen LogP contribution is -2.34. The molecule has 0 aromatic carbocycles. The number of thiocarbonyl (C=S) groups is 1. The molecule has 0 radical (unpaired) electrons. The van der Waals surface area contributed by atoms with Crippen molar-refractivity contribution in [1.29, 1.82) is 0 Å². The van der Waals surface area contributed by atoms with Crippen LogP contribution < -0.4 is 10.6 Å². The highest BCUT2D eigenvalue weighted by atomic mass is 79.9. The zero-order valence-electron chi connectivity index (χ0n) is 14.0. The molecule has 0 aliphatic heterocycles. The van der Waals surface area contributed by atoms with Crippen LogP contribution in [0.4, 0.5) is 5.00 Å². The molecule has 0 fully saturated rings. The molecule has 2 N–H and O–H groups in total. The number of anilines is 1. The van der Waals surface area contributed by atoms with Crippen molar-refractivity contribution in [3.63, 3.8) is 0 Å². The summed E-state index contributed by atoms with van der Waals surface area (Å²) >= 11 is 9.87. The summed E-state index contributed by atoms with van der Waals surface area (Å²) in [5.41, 5.74) is 1.56. The Hall–Kier alpha value is -1.71. The molecular weight excluding hydrogens is 440 g/mol. The Labute approximate surface area is 168 Å². The standard InChI is InChI=1S/C17H17BrN2O4S2/c1-2-23-16(22)13-9-5-3-4-6-11(9)26-15(13)20-17(25)19-14(21)10-7-8-12(18)24-10/h7-8H,2-6H2,1H3,(H2,19,20,21,25). The van der Waals surface area contributed by atoms with Gasteiger partial charge in [0.1, 0.15) is 5.00 Å². The summed E-state index contributed by atoms with van der Waals surface area (Å²) in [7, 11) is 0. The van der Waals surface area contributed by atoms with Gasteiger partial charge < -0.3 is 14.5 Å². The predicted octanol–water partition coefficient (Wildman–Crippen LogP) is 4.29. The van der Waals surface area contributed by atoms with Crippen LogP contribution in [0.25, 0.3) is 0 Å². The van der Waals surface area contributed by atoms with Crippen LogP contribution in [0.5, 0.6) is 0 Å². The Bertz CT molecular complexity index is 859. The van der Waals surface area contributed by atoms with Gasteiger partial charge in [-0.1, -0.05) is 0 Å². The first kappa shape index (κ1) is 19.1. The van der Waals surface area contributed by atoms with Crippen molar-refractivity contribution in [3.05, 3.63) is 38.6 Å². The van der Waals surface area contributed by atoms with E-state index in [4.69, 9.17) is 21.4 Å². The number of esters is 1. The third kappa shape index (κ3) is 4.16. The normalized spacial score (nSPS) is 13.0. The molecule has 6 nitrogen and oxygen atoms in total. The predicted molar refractivity (Wildman–Crippen MR) is 107 cm³/mol. The molecule has 2 aromatic rings. The van der Waals surface area contributed by atoms with Gasteiger partial charge in [0.15, 0.2) is 15.5 Å². The Morgan fingerprint density at radius 2 is 2.12 bits per heavy atom. The zero-order valence-corrected chi connectivity index (χ0v) is 17.2. The minimum absolute atomic E-state index is 0.103. The number of halogens is 1. The summed E-state index contributed by atoms with van der Waals surface area (Å²) in [6.45, 7) is 2.08. The zero-order chi connectivity index (χ0) is 18.7. The molecule has 0 spiro atoms. The van der Waals surface area contributed by atoms with Crippen molar-refractivity contribution in [2.75, 3.05) is 11.9 Å². The van der Waals surface area contributed by atoms with Crippen LogP contribution in [0.1, 0.15) is 51.1 Å². The second-order valence-electron chi connectivity index (χ2n) is 5.65. The van der Waals surface area contributed by atoms with Gasteiger partial charge in [0.05, 0.1) is 12.2 Å². The third-order valence-corrected chi connectivity index (χ3v) is 5.74. The highest BCUT2D eigenvalue weighted by molar-refractivity contribution is 9.10. The van der Waals surface area contributed by atoms with E-state index < -0.39 is 5.91 Å². The summed E-state index contributed by atoms with van der Waals surface area (Å²) < 4.78 is 10.9. The van der Waals surface area contributed by atoms with Crippen LogP contribution in [-0.4, -0.2) is 23.6 Å². The number of amides is 1. The van der Waals surface area contributed by atoms with Crippen molar-refractivity contribution in [3.8, 4) is 0 Å². The number of rotatable bonds is 4. The lowest BCUT2D eigenvalue weighted by Gasteiger charge is -2.12. The fourth-order valence-electron chi connectivity index (χ4n) is 2.81. The van der Waals surface area contributed by atoms with Gasteiger partial charge in [-0.2, -0.15) is 0 Å². The fourth-order valence-corrected chi connectivity index (χ4v) is 4.66. The first-order valence-corrected chi connectivity index (χ1v) is 10.2. The Kier molecular flexibility index (Phi) is 6.10. The van der Waals surface area contributed by atoms with E-state index in [1.54, 1.807) is 13.0 Å². The molecule has 26 heavy (non-hydrogen) atoms. The van der Waals surface area contributed by atoms with E-state index in [-0.39, 0.29) is 16.8 Å².